The van der Waals surface area contributed by atoms with Crippen molar-refractivity contribution < 1.29 is 18.2 Å². The number of rotatable bonds is 3. The number of pyridine rings is 1. The second kappa shape index (κ2) is 5.67. The summed E-state index contributed by atoms with van der Waals surface area (Å²) >= 11 is 5.83. The molecule has 0 aliphatic rings. The molecule has 0 atom stereocenters. The van der Waals surface area contributed by atoms with Gasteiger partial charge in [0.25, 0.3) is 0 Å². The molecule has 7 nitrogen and oxygen atoms in total. The van der Waals surface area contributed by atoms with Gasteiger partial charge in [-0.3, -0.25) is 4.40 Å². The van der Waals surface area contributed by atoms with E-state index in [1.165, 1.54) is 28.9 Å². The summed E-state index contributed by atoms with van der Waals surface area (Å²) < 4.78 is 28.6. The Bertz CT molecular complexity index is 1160. The Balaban J connectivity index is 1.99. The van der Waals surface area contributed by atoms with Gasteiger partial charge in [0.05, 0.1) is 11.7 Å². The number of halogens is 3. The number of carbonyl (C=O) groups is 1. The molecular weight excluding hydrogens is 376 g/mol. The van der Waals surface area contributed by atoms with Gasteiger partial charge in [-0.15, -0.1) is 3.89 Å². The molecule has 0 saturated carbocycles. The van der Waals surface area contributed by atoms with E-state index in [2.05, 4.69) is 15.0 Å². The Labute approximate surface area is 147 Å². The Morgan fingerprint density at radius 3 is 2.80 bits per heavy atom. The zero-order chi connectivity index (χ0) is 17.7. The average Bonchev–Trinajstić information content (AvgIpc) is 3.12. The maximum absolute atomic E-state index is 13.4. The molecular formula is C14H6ClF2N5O2S. The SMILES string of the molecule is O=C(O)c1cn(SF)c2ncc(-c3nc(Cl)n4cc(F)ccc34)nc12. The van der Waals surface area contributed by atoms with Crippen LogP contribution in [0.25, 0.3) is 28.1 Å². The summed E-state index contributed by atoms with van der Waals surface area (Å²) in [5.41, 5.74) is 0.874. The van der Waals surface area contributed by atoms with Crippen LogP contribution in [0.2, 0.25) is 5.28 Å². The number of aromatic nitrogens is 5. The van der Waals surface area contributed by atoms with Crippen LogP contribution in [-0.4, -0.2) is 34.4 Å². The molecule has 0 aliphatic heterocycles. The summed E-state index contributed by atoms with van der Waals surface area (Å²) in [6, 6.07) is 2.71. The molecule has 25 heavy (non-hydrogen) atoms. The van der Waals surface area contributed by atoms with Crippen molar-refractivity contribution in [2.75, 3.05) is 0 Å². The number of carboxylic acid groups (broad SMARTS) is 1. The van der Waals surface area contributed by atoms with Crippen molar-refractivity contribution in [3.63, 3.8) is 0 Å². The topological polar surface area (TPSA) is 85.3 Å². The fraction of sp³-hybridized carbons (Fsp3) is 0. The van der Waals surface area contributed by atoms with Crippen LogP contribution in [0.4, 0.5) is 8.28 Å². The van der Waals surface area contributed by atoms with Crippen molar-refractivity contribution in [2.45, 2.75) is 0 Å². The average molecular weight is 382 g/mol. The van der Waals surface area contributed by atoms with Crippen molar-refractivity contribution in [3.05, 3.63) is 47.4 Å². The Hall–Kier alpha value is -2.72. The van der Waals surface area contributed by atoms with Gasteiger partial charge >= 0.3 is 5.97 Å². The van der Waals surface area contributed by atoms with Crippen LogP contribution < -0.4 is 0 Å². The highest BCUT2D eigenvalue weighted by atomic mass is 35.5. The highest BCUT2D eigenvalue weighted by Gasteiger charge is 2.20. The van der Waals surface area contributed by atoms with Gasteiger partial charge in [0, 0.05) is 12.4 Å². The highest BCUT2D eigenvalue weighted by Crippen LogP contribution is 2.29. The van der Waals surface area contributed by atoms with Gasteiger partial charge in [-0.2, -0.15) is 0 Å². The zero-order valence-corrected chi connectivity index (χ0v) is 13.6. The van der Waals surface area contributed by atoms with Crippen molar-refractivity contribution in [1.29, 1.82) is 0 Å². The molecule has 0 bridgehead atoms. The molecule has 0 aromatic carbocycles. The van der Waals surface area contributed by atoms with Gasteiger partial charge in [-0.1, -0.05) is 0 Å². The lowest BCUT2D eigenvalue weighted by atomic mass is 10.2. The van der Waals surface area contributed by atoms with Crippen LogP contribution in [0.15, 0.2) is 30.7 Å². The monoisotopic (exact) mass is 381 g/mol. The molecule has 0 spiro atoms. The van der Waals surface area contributed by atoms with Crippen LogP contribution in [0.3, 0.4) is 0 Å². The van der Waals surface area contributed by atoms with E-state index in [-0.39, 0.29) is 40.0 Å². The molecule has 0 aliphatic carbocycles. The molecule has 0 saturated heterocycles. The van der Waals surface area contributed by atoms with Crippen molar-refractivity contribution in [3.8, 4) is 11.4 Å². The van der Waals surface area contributed by atoms with E-state index in [1.807, 2.05) is 0 Å². The van der Waals surface area contributed by atoms with Crippen LogP contribution >= 0.6 is 23.9 Å². The van der Waals surface area contributed by atoms with Crippen LogP contribution in [-0.2, 0) is 0 Å². The van der Waals surface area contributed by atoms with E-state index in [1.54, 1.807) is 0 Å². The molecule has 4 aromatic heterocycles. The van der Waals surface area contributed by atoms with Crippen LogP contribution in [0.1, 0.15) is 10.4 Å². The fourth-order valence-corrected chi connectivity index (χ4v) is 3.07. The number of imidazole rings is 1. The number of hydrogen-bond donors (Lipinski definition) is 1. The van der Waals surface area contributed by atoms with Crippen LogP contribution in [0, 0.1) is 5.82 Å². The smallest absolute Gasteiger partial charge is 0.339 e. The first-order valence-electron chi connectivity index (χ1n) is 6.73. The number of aromatic carboxylic acids is 1. The molecule has 0 fully saturated rings. The minimum absolute atomic E-state index is 0.00883. The summed E-state index contributed by atoms with van der Waals surface area (Å²) in [5.74, 6) is -1.76. The summed E-state index contributed by atoms with van der Waals surface area (Å²) in [4.78, 5) is 23.8. The standard InChI is InChI=1S/C14H6ClF2N5O2S/c15-14-20-11(9-2-1-6(16)4-21(9)14)8-3-18-12-10(19-8)7(13(23)24)5-22(12)25-17/h1-5H,(H,23,24). The van der Waals surface area contributed by atoms with E-state index in [0.29, 0.717) is 11.2 Å². The van der Waals surface area contributed by atoms with Gasteiger partial charge in [-0.05, 0) is 23.7 Å². The third-order valence-electron chi connectivity index (χ3n) is 3.57. The first kappa shape index (κ1) is 15.8. The lowest BCUT2D eigenvalue weighted by molar-refractivity contribution is 0.0699. The van der Waals surface area contributed by atoms with Gasteiger partial charge < -0.3 is 5.11 Å². The minimum atomic E-state index is -1.26. The molecule has 4 aromatic rings. The summed E-state index contributed by atoms with van der Waals surface area (Å²) in [5, 5.41) is 9.28. The maximum Gasteiger partial charge on any atom is 0.339 e. The number of fused-ring (bicyclic) bond motifs is 2. The largest absolute Gasteiger partial charge is 0.478 e. The third kappa shape index (κ3) is 2.41. The van der Waals surface area contributed by atoms with Gasteiger partial charge in [0.15, 0.2) is 18.0 Å². The molecule has 1 N–H and O–H groups in total. The molecule has 0 unspecified atom stereocenters. The molecule has 0 amide bonds. The van der Waals surface area contributed by atoms with E-state index in [9.17, 15) is 18.2 Å². The lowest BCUT2D eigenvalue weighted by Crippen LogP contribution is -1.96. The lowest BCUT2D eigenvalue weighted by Gasteiger charge is -2.00. The normalized spacial score (nSPS) is 11.5. The Morgan fingerprint density at radius 2 is 2.08 bits per heavy atom. The predicted molar refractivity (Wildman–Crippen MR) is 87.7 cm³/mol. The molecule has 11 heteroatoms. The van der Waals surface area contributed by atoms with Gasteiger partial charge in [0.2, 0.25) is 5.28 Å². The van der Waals surface area contributed by atoms with Crippen molar-refractivity contribution in [1.82, 2.24) is 23.3 Å². The number of hydrogen-bond acceptors (Lipinski definition) is 5. The summed E-state index contributed by atoms with van der Waals surface area (Å²) in [6.07, 6.45) is 3.58. The number of carboxylic acids is 1. The first-order valence-corrected chi connectivity index (χ1v) is 7.78. The first-order chi connectivity index (χ1) is 12.0. The Kier molecular flexibility index (Phi) is 3.58. The molecule has 0 radical (unpaired) electrons. The predicted octanol–water partition coefficient (Wildman–Crippen LogP) is 3.62. The van der Waals surface area contributed by atoms with E-state index in [4.69, 9.17) is 11.6 Å². The summed E-state index contributed by atoms with van der Waals surface area (Å²) in [6.45, 7) is 0. The molecule has 4 heterocycles. The second-order valence-electron chi connectivity index (χ2n) is 5.00. The number of nitrogens with zero attached hydrogens (tertiary/aromatic N) is 5. The highest BCUT2D eigenvalue weighted by molar-refractivity contribution is 7.92. The van der Waals surface area contributed by atoms with Gasteiger partial charge in [-0.25, -0.2) is 28.1 Å². The van der Waals surface area contributed by atoms with Crippen molar-refractivity contribution in [2.24, 2.45) is 0 Å². The Morgan fingerprint density at radius 1 is 1.28 bits per heavy atom. The van der Waals surface area contributed by atoms with Gasteiger partial charge in [0.1, 0.15) is 28.3 Å². The maximum atomic E-state index is 13.4. The van der Waals surface area contributed by atoms with E-state index >= 15 is 0 Å². The minimum Gasteiger partial charge on any atom is -0.478 e. The fourth-order valence-electron chi connectivity index (χ4n) is 2.50. The summed E-state index contributed by atoms with van der Waals surface area (Å²) in [7, 11) is 0. The van der Waals surface area contributed by atoms with E-state index in [0.717, 1.165) is 10.2 Å². The van der Waals surface area contributed by atoms with E-state index < -0.39 is 11.8 Å². The molecule has 4 rings (SSSR count). The second-order valence-corrected chi connectivity index (χ2v) is 5.87. The zero-order valence-electron chi connectivity index (χ0n) is 12.0. The van der Waals surface area contributed by atoms with Crippen LogP contribution in [0.5, 0.6) is 0 Å². The molecule has 126 valence electrons. The third-order valence-corrected chi connectivity index (χ3v) is 4.26. The van der Waals surface area contributed by atoms with Crippen molar-refractivity contribution >= 4 is 46.6 Å². The quantitative estimate of drug-likeness (QED) is 0.583.